The number of benzene rings is 1. The maximum Gasteiger partial charge on any atom is 0.251 e. The Kier molecular flexibility index (Phi) is 10.4. The van der Waals surface area contributed by atoms with Crippen molar-refractivity contribution >= 4 is 36.4 Å². The number of carbonyl (C=O) groups excluding carboxylic acids is 1. The summed E-state index contributed by atoms with van der Waals surface area (Å²) in [6.07, 6.45) is 2.51. The van der Waals surface area contributed by atoms with Crippen molar-refractivity contribution in [1.29, 1.82) is 0 Å². The lowest BCUT2D eigenvalue weighted by Gasteiger charge is -2.38. The largest absolute Gasteiger partial charge is 0.399 e. The normalized spacial score (nSPS) is 16.8. The smallest absolute Gasteiger partial charge is 0.251 e. The maximum absolute atomic E-state index is 12.3. The highest BCUT2D eigenvalue weighted by atomic mass is 35.5. The Morgan fingerprint density at radius 1 is 1.29 bits per heavy atom. The van der Waals surface area contributed by atoms with E-state index in [9.17, 15) is 4.79 Å². The quantitative estimate of drug-likeness (QED) is 0.772. The molecule has 1 unspecified atom stereocenters. The molecule has 6 heteroatoms. The van der Waals surface area contributed by atoms with E-state index < -0.39 is 0 Å². The summed E-state index contributed by atoms with van der Waals surface area (Å²) in [5.41, 5.74) is 7.00. The van der Waals surface area contributed by atoms with E-state index in [-0.39, 0.29) is 30.7 Å². The fourth-order valence-electron chi connectivity index (χ4n) is 3.13. The first kappa shape index (κ1) is 23.0. The highest BCUT2D eigenvalue weighted by molar-refractivity contribution is 5.95. The summed E-state index contributed by atoms with van der Waals surface area (Å²) >= 11 is 0. The van der Waals surface area contributed by atoms with Crippen LogP contribution in [-0.2, 0) is 0 Å². The van der Waals surface area contributed by atoms with Gasteiger partial charge in [-0.1, -0.05) is 26.8 Å². The Bertz CT molecular complexity index is 503. The van der Waals surface area contributed by atoms with E-state index in [2.05, 4.69) is 31.0 Å². The van der Waals surface area contributed by atoms with Gasteiger partial charge in [-0.05, 0) is 56.0 Å². The predicted molar refractivity (Wildman–Crippen MR) is 106 cm³/mol. The third-order valence-electron chi connectivity index (χ3n) is 4.68. The molecule has 4 nitrogen and oxygen atoms in total. The molecule has 0 bridgehead atoms. The number of piperidine rings is 1. The van der Waals surface area contributed by atoms with E-state index in [1.165, 1.54) is 12.8 Å². The molecule has 3 N–H and O–H groups in total. The third kappa shape index (κ3) is 6.50. The van der Waals surface area contributed by atoms with Crippen LogP contribution in [0.2, 0.25) is 0 Å². The number of nitrogens with two attached hydrogens (primary N) is 1. The average Bonchev–Trinajstić information content (AvgIpc) is 2.48. The lowest BCUT2D eigenvalue weighted by Crippen LogP contribution is -2.49. The topological polar surface area (TPSA) is 58.4 Å². The molecule has 2 rings (SSSR count). The number of halogens is 2. The number of hydrogen-bond acceptors (Lipinski definition) is 3. The van der Waals surface area contributed by atoms with Gasteiger partial charge in [-0.2, -0.15) is 0 Å². The van der Waals surface area contributed by atoms with Gasteiger partial charge in [0.15, 0.2) is 0 Å². The second kappa shape index (κ2) is 10.8. The highest BCUT2D eigenvalue weighted by Gasteiger charge is 2.26. The second-order valence-electron chi connectivity index (χ2n) is 6.87. The van der Waals surface area contributed by atoms with Crippen molar-refractivity contribution < 1.29 is 4.79 Å². The zero-order valence-corrected chi connectivity index (χ0v) is 16.5. The molecule has 0 spiro atoms. The van der Waals surface area contributed by atoms with Crippen LogP contribution >= 0.6 is 24.8 Å². The van der Waals surface area contributed by atoms with Crippen molar-refractivity contribution in [3.63, 3.8) is 0 Å². The van der Waals surface area contributed by atoms with E-state index in [1.807, 2.05) is 6.07 Å². The van der Waals surface area contributed by atoms with Crippen molar-refractivity contribution in [2.24, 2.45) is 11.8 Å². The van der Waals surface area contributed by atoms with Gasteiger partial charge < -0.3 is 11.1 Å². The number of nitrogens with zero attached hydrogens (tertiary/aromatic N) is 1. The standard InChI is InChI=1S/C18H29N3O.2ClH/c1-13(2)17(21-9-7-14(3)8-10-21)12-20-18(22)15-5-4-6-16(19)11-15;;/h4-6,11,13-14,17H,7-10,12,19H2,1-3H3,(H,20,22);2*1H. The van der Waals surface area contributed by atoms with Crippen LogP contribution in [-0.4, -0.2) is 36.5 Å². The average molecular weight is 376 g/mol. The molecule has 1 aliphatic rings. The number of nitrogens with one attached hydrogen (secondary N) is 1. The summed E-state index contributed by atoms with van der Waals surface area (Å²) < 4.78 is 0. The zero-order chi connectivity index (χ0) is 16.1. The Morgan fingerprint density at radius 3 is 2.46 bits per heavy atom. The summed E-state index contributed by atoms with van der Waals surface area (Å²) in [5, 5.41) is 3.08. The van der Waals surface area contributed by atoms with Crippen LogP contribution in [0, 0.1) is 11.8 Å². The highest BCUT2D eigenvalue weighted by Crippen LogP contribution is 2.21. The van der Waals surface area contributed by atoms with Gasteiger partial charge in [-0.15, -0.1) is 24.8 Å². The van der Waals surface area contributed by atoms with Gasteiger partial charge in [0, 0.05) is 23.8 Å². The minimum atomic E-state index is -0.0386. The molecule has 138 valence electrons. The number of nitrogen functional groups attached to an aromatic ring is 1. The molecule has 1 aromatic rings. The van der Waals surface area contributed by atoms with E-state index in [0.29, 0.717) is 29.8 Å². The molecule has 1 atom stereocenters. The number of anilines is 1. The minimum Gasteiger partial charge on any atom is -0.399 e. The molecule has 0 aromatic heterocycles. The van der Waals surface area contributed by atoms with Crippen molar-refractivity contribution in [3.8, 4) is 0 Å². The van der Waals surface area contributed by atoms with Gasteiger partial charge in [0.25, 0.3) is 5.91 Å². The molecule has 1 fully saturated rings. The Morgan fingerprint density at radius 2 is 1.92 bits per heavy atom. The molecule has 1 saturated heterocycles. The fourth-order valence-corrected chi connectivity index (χ4v) is 3.13. The predicted octanol–water partition coefficient (Wildman–Crippen LogP) is 3.60. The van der Waals surface area contributed by atoms with E-state index >= 15 is 0 Å². The van der Waals surface area contributed by atoms with Crippen LogP contribution in [0.4, 0.5) is 5.69 Å². The van der Waals surface area contributed by atoms with Crippen LogP contribution in [0.3, 0.4) is 0 Å². The first-order chi connectivity index (χ1) is 10.5. The number of likely N-dealkylation sites (tertiary alicyclic amines) is 1. The molecule has 0 radical (unpaired) electrons. The Balaban J connectivity index is 0.00000264. The van der Waals surface area contributed by atoms with Crippen molar-refractivity contribution in [2.75, 3.05) is 25.4 Å². The van der Waals surface area contributed by atoms with Crippen LogP contribution in [0.15, 0.2) is 24.3 Å². The van der Waals surface area contributed by atoms with Crippen LogP contribution in [0.25, 0.3) is 0 Å². The molecule has 1 amide bonds. The molecule has 24 heavy (non-hydrogen) atoms. The third-order valence-corrected chi connectivity index (χ3v) is 4.68. The van der Waals surface area contributed by atoms with Crippen LogP contribution < -0.4 is 11.1 Å². The molecule has 0 aliphatic carbocycles. The lowest BCUT2D eigenvalue weighted by molar-refractivity contribution is 0.0863. The number of amides is 1. The van der Waals surface area contributed by atoms with E-state index in [4.69, 9.17) is 5.73 Å². The molecule has 1 heterocycles. The van der Waals surface area contributed by atoms with Gasteiger partial charge >= 0.3 is 0 Å². The van der Waals surface area contributed by atoms with Gasteiger partial charge in [0.2, 0.25) is 0 Å². The van der Waals surface area contributed by atoms with Gasteiger partial charge in [-0.3, -0.25) is 9.69 Å². The monoisotopic (exact) mass is 375 g/mol. The molecule has 1 aliphatic heterocycles. The van der Waals surface area contributed by atoms with Crippen LogP contribution in [0.1, 0.15) is 44.0 Å². The first-order valence-corrected chi connectivity index (χ1v) is 8.35. The lowest BCUT2D eigenvalue weighted by atomic mass is 9.94. The molecule has 1 aromatic carbocycles. The zero-order valence-electron chi connectivity index (χ0n) is 14.8. The fraction of sp³-hybridized carbons (Fsp3) is 0.611. The van der Waals surface area contributed by atoms with Crippen molar-refractivity contribution in [2.45, 2.75) is 39.7 Å². The number of carbonyl (C=O) groups is 1. The van der Waals surface area contributed by atoms with Crippen molar-refractivity contribution in [3.05, 3.63) is 29.8 Å². The summed E-state index contributed by atoms with van der Waals surface area (Å²) in [6.45, 7) is 9.75. The summed E-state index contributed by atoms with van der Waals surface area (Å²) in [6, 6.07) is 7.54. The number of hydrogen-bond donors (Lipinski definition) is 2. The van der Waals surface area contributed by atoms with Crippen molar-refractivity contribution in [1.82, 2.24) is 10.2 Å². The summed E-state index contributed by atoms with van der Waals surface area (Å²) in [4.78, 5) is 14.8. The summed E-state index contributed by atoms with van der Waals surface area (Å²) in [5.74, 6) is 1.31. The number of rotatable bonds is 5. The van der Waals surface area contributed by atoms with Gasteiger partial charge in [-0.25, -0.2) is 0 Å². The van der Waals surface area contributed by atoms with Gasteiger partial charge in [0.05, 0.1) is 0 Å². The maximum atomic E-state index is 12.3. The molecule has 0 saturated carbocycles. The van der Waals surface area contributed by atoms with Gasteiger partial charge in [0.1, 0.15) is 0 Å². The second-order valence-corrected chi connectivity index (χ2v) is 6.87. The Hall–Kier alpha value is -0.970. The minimum absolute atomic E-state index is 0. The molecular weight excluding hydrogens is 345 g/mol. The molecular formula is C18H31Cl2N3O. The first-order valence-electron chi connectivity index (χ1n) is 8.35. The van der Waals surface area contributed by atoms with Crippen LogP contribution in [0.5, 0.6) is 0 Å². The Labute approximate surface area is 158 Å². The van der Waals surface area contributed by atoms with E-state index in [0.717, 1.165) is 19.0 Å². The SMILES string of the molecule is CC1CCN(C(CNC(=O)c2cccc(N)c2)C(C)C)CC1.Cl.Cl. The summed E-state index contributed by atoms with van der Waals surface area (Å²) in [7, 11) is 0. The van der Waals surface area contributed by atoms with E-state index in [1.54, 1.807) is 18.2 Å².